The van der Waals surface area contributed by atoms with E-state index in [1.807, 2.05) is 6.66 Å². The third-order valence-electron chi connectivity index (χ3n) is 6.72. The minimum Gasteiger partial charge on any atom is -0.867 e. The zero-order valence-electron chi connectivity index (χ0n) is 25.4. The van der Waals surface area contributed by atoms with Crippen LogP contribution in [0.15, 0.2) is 78.5 Å². The largest absolute Gasteiger partial charge is 0.867 e. The van der Waals surface area contributed by atoms with Crippen LogP contribution in [-0.4, -0.2) is 28.4 Å². The Hall–Kier alpha value is -2.93. The normalized spacial score (nSPS) is 13.2. The van der Waals surface area contributed by atoms with Gasteiger partial charge >= 0.3 is 130 Å². The van der Waals surface area contributed by atoms with Crippen LogP contribution >= 0.6 is 0 Å². The van der Waals surface area contributed by atoms with E-state index < -0.39 is 22.9 Å². The monoisotopic (exact) mass is 728 g/mol. The summed E-state index contributed by atoms with van der Waals surface area (Å²) in [5.41, 5.74) is 3.44. The van der Waals surface area contributed by atoms with Crippen molar-refractivity contribution in [1.29, 1.82) is 0 Å². The van der Waals surface area contributed by atoms with Crippen LogP contribution in [-0.2, 0) is 22.9 Å². The molecule has 4 rings (SSSR count). The van der Waals surface area contributed by atoms with Gasteiger partial charge in [-0.3, -0.25) is 0 Å². The number of allylic oxidation sites excluding steroid dienone is 8. The topological polar surface area (TPSA) is 83.0 Å². The van der Waals surface area contributed by atoms with Gasteiger partial charge in [0.2, 0.25) is 0 Å². The molecular formula is C34H44HfO6. The Kier molecular flexibility index (Phi) is 16.1. The molecule has 0 saturated carbocycles. The van der Waals surface area contributed by atoms with Crippen molar-refractivity contribution in [2.24, 2.45) is 0 Å². The quantitative estimate of drug-likeness (QED) is 0.212. The van der Waals surface area contributed by atoms with Crippen LogP contribution < -0.4 is 29.2 Å². The van der Waals surface area contributed by atoms with Gasteiger partial charge in [-0.25, -0.2) is 0 Å². The van der Waals surface area contributed by atoms with Crippen molar-refractivity contribution in [2.45, 2.75) is 65.2 Å². The fourth-order valence-corrected chi connectivity index (χ4v) is 9.92. The van der Waals surface area contributed by atoms with E-state index in [0.717, 1.165) is 0 Å². The van der Waals surface area contributed by atoms with Crippen LogP contribution in [0.3, 0.4) is 0 Å². The SMILES string of the molecule is CCCCC1=[C]([Hf+2][C]2=C(CCCC)C=CC2)CC=C1.COc1cccc(OC)c1[O-].COc1cccc(OC)c1[O-]. The molecule has 2 aliphatic rings. The van der Waals surface area contributed by atoms with Gasteiger partial charge in [0.05, 0.1) is 28.4 Å². The molecule has 2 aliphatic carbocycles. The first-order chi connectivity index (χ1) is 19.9. The van der Waals surface area contributed by atoms with E-state index in [4.69, 9.17) is 18.9 Å². The Bertz CT molecular complexity index is 1070. The third-order valence-corrected chi connectivity index (χ3v) is 12.7. The molecule has 0 atom stereocenters. The van der Waals surface area contributed by atoms with Crippen molar-refractivity contribution in [2.75, 3.05) is 28.4 Å². The zero-order valence-corrected chi connectivity index (χ0v) is 29.0. The number of unbranched alkanes of at least 4 members (excludes halogenated alkanes) is 2. The van der Waals surface area contributed by atoms with E-state index in [1.54, 1.807) is 47.5 Å². The summed E-state index contributed by atoms with van der Waals surface area (Å²) >= 11 is -0.707. The molecule has 0 radical (unpaired) electrons. The standard InChI is InChI=1S/2C9H13.2C8H10O3.Hf/c2*1-2-3-6-9-7-4-5-8-9;2*1-10-6-4-3-5-7(11-2)8(6)9;/h2*4,7H,2-3,5-6H2,1H3;2*3-5,9H,1-2H3;/q;;;;+2/p-2. The van der Waals surface area contributed by atoms with Gasteiger partial charge in [0.15, 0.2) is 0 Å². The summed E-state index contributed by atoms with van der Waals surface area (Å²) in [7, 11) is 5.82. The number of rotatable bonds is 12. The predicted molar refractivity (Wildman–Crippen MR) is 159 cm³/mol. The first-order valence-corrected chi connectivity index (χ1v) is 17.8. The maximum Gasteiger partial charge on any atom is 0.114 e. The van der Waals surface area contributed by atoms with Crippen LogP contribution in [0.1, 0.15) is 65.2 Å². The molecule has 0 heterocycles. The number of para-hydroxylation sites is 2. The number of hydrogen-bond acceptors (Lipinski definition) is 6. The van der Waals surface area contributed by atoms with Gasteiger partial charge < -0.3 is 29.2 Å². The summed E-state index contributed by atoms with van der Waals surface area (Å²) in [4.78, 5) is 0. The van der Waals surface area contributed by atoms with Crippen molar-refractivity contribution >= 4 is 0 Å². The van der Waals surface area contributed by atoms with Crippen molar-refractivity contribution in [1.82, 2.24) is 0 Å². The van der Waals surface area contributed by atoms with Gasteiger partial charge in [0, 0.05) is 0 Å². The van der Waals surface area contributed by atoms with Gasteiger partial charge in [-0.2, -0.15) is 0 Å². The summed E-state index contributed by atoms with van der Waals surface area (Å²) in [6.45, 7) is 4.60. The number of hydrogen-bond donors (Lipinski definition) is 0. The Morgan fingerprint density at radius 1 is 0.610 bits per heavy atom. The summed E-state index contributed by atoms with van der Waals surface area (Å²) in [6, 6.07) is 9.82. The molecule has 220 valence electrons. The molecule has 0 N–H and O–H groups in total. The van der Waals surface area contributed by atoms with Gasteiger partial charge in [-0.15, -0.1) is 0 Å². The van der Waals surface area contributed by atoms with Crippen molar-refractivity contribution in [3.8, 4) is 34.5 Å². The average Bonchev–Trinajstić information content (AvgIpc) is 3.65. The molecule has 0 fully saturated rings. The second-order valence-electron chi connectivity index (χ2n) is 9.54. The van der Waals surface area contributed by atoms with Crippen LogP contribution in [0, 0.1) is 0 Å². The van der Waals surface area contributed by atoms with Gasteiger partial charge in [-0.05, 0) is 35.8 Å². The van der Waals surface area contributed by atoms with Crippen LogP contribution in [0.2, 0.25) is 0 Å². The van der Waals surface area contributed by atoms with E-state index in [2.05, 4.69) is 38.2 Å². The second-order valence-corrected chi connectivity index (χ2v) is 14.8. The summed E-state index contributed by atoms with van der Waals surface area (Å²) < 4.78 is 23.0. The maximum absolute atomic E-state index is 11.2. The second kappa shape index (κ2) is 19.2. The molecule has 2 aromatic carbocycles. The molecule has 0 unspecified atom stereocenters. The molecule has 0 aromatic heterocycles. The predicted octanol–water partition coefficient (Wildman–Crippen LogP) is 7.43. The molecule has 6 nitrogen and oxygen atoms in total. The van der Waals surface area contributed by atoms with E-state index in [1.165, 1.54) is 79.8 Å². The Morgan fingerprint density at radius 2 is 0.951 bits per heavy atom. The van der Waals surface area contributed by atoms with Crippen LogP contribution in [0.25, 0.3) is 0 Å². The molecule has 7 heteroatoms. The van der Waals surface area contributed by atoms with Crippen molar-refractivity contribution in [3.05, 3.63) is 78.5 Å². The Labute approximate surface area is 257 Å². The molecular weight excluding hydrogens is 683 g/mol. The molecule has 2 aromatic rings. The summed E-state index contributed by atoms with van der Waals surface area (Å²) in [5.74, 6) is 0.817. The maximum atomic E-state index is 11.2. The van der Waals surface area contributed by atoms with E-state index in [0.29, 0.717) is 23.0 Å². The Morgan fingerprint density at radius 3 is 1.24 bits per heavy atom. The van der Waals surface area contributed by atoms with Crippen molar-refractivity contribution < 1.29 is 52.1 Å². The molecule has 0 saturated heterocycles. The molecule has 41 heavy (non-hydrogen) atoms. The fraction of sp³-hybridized carbons (Fsp3) is 0.412. The minimum absolute atomic E-state index is 0.211. The first-order valence-electron chi connectivity index (χ1n) is 14.2. The number of methoxy groups -OCH3 is 4. The molecule has 0 amide bonds. The van der Waals surface area contributed by atoms with Crippen molar-refractivity contribution in [3.63, 3.8) is 0 Å². The Balaban J connectivity index is 0.000000230. The minimum atomic E-state index is -0.707. The fourth-order valence-electron chi connectivity index (χ4n) is 4.38. The van der Waals surface area contributed by atoms with E-state index >= 15 is 0 Å². The molecule has 0 aliphatic heterocycles. The van der Waals surface area contributed by atoms with Crippen LogP contribution in [0.4, 0.5) is 0 Å². The number of benzene rings is 2. The molecule has 0 spiro atoms. The van der Waals surface area contributed by atoms with Gasteiger partial charge in [-0.1, -0.05) is 12.1 Å². The van der Waals surface area contributed by atoms with E-state index in [9.17, 15) is 10.2 Å². The van der Waals surface area contributed by atoms with Gasteiger partial charge in [0.1, 0.15) is 23.0 Å². The van der Waals surface area contributed by atoms with E-state index in [-0.39, 0.29) is 11.5 Å². The third kappa shape index (κ3) is 10.8. The molecule has 0 bridgehead atoms. The average molecular weight is 727 g/mol. The summed E-state index contributed by atoms with van der Waals surface area (Å²) in [5, 5.41) is 22.4. The number of ether oxygens (including phenoxy) is 4. The van der Waals surface area contributed by atoms with Gasteiger partial charge in [0.25, 0.3) is 0 Å². The smallest absolute Gasteiger partial charge is 0.114 e. The van der Waals surface area contributed by atoms with Crippen LogP contribution in [0.5, 0.6) is 34.5 Å². The zero-order chi connectivity index (χ0) is 30.0. The summed E-state index contributed by atoms with van der Waals surface area (Å²) in [6.07, 6.45) is 20.3. The first kappa shape index (κ1) is 34.3.